The second kappa shape index (κ2) is 4.19. The molecule has 70 valence electrons. The van der Waals surface area contributed by atoms with E-state index < -0.39 is 5.97 Å². The minimum Gasteiger partial charge on any atom is -0.483 e. The zero-order valence-electron chi connectivity index (χ0n) is 6.80. The summed E-state index contributed by atoms with van der Waals surface area (Å²) in [6, 6.07) is 0. The van der Waals surface area contributed by atoms with E-state index in [1.54, 1.807) is 6.92 Å². The number of aromatic nitrogens is 2. The van der Waals surface area contributed by atoms with E-state index in [-0.39, 0.29) is 11.5 Å². The maximum atomic E-state index is 10.4. The molecular weight excluding hydrogens is 178 g/mol. The molecule has 7 nitrogen and oxygen atoms in total. The summed E-state index contributed by atoms with van der Waals surface area (Å²) in [4.78, 5) is 14.0. The van der Waals surface area contributed by atoms with E-state index in [0.717, 1.165) is 6.40 Å². The summed E-state index contributed by atoms with van der Waals surface area (Å²) in [5.41, 5.74) is -0.337. The van der Waals surface area contributed by atoms with Crippen molar-refractivity contribution in [3.63, 3.8) is 0 Å². The first-order valence-corrected chi connectivity index (χ1v) is 3.45. The van der Waals surface area contributed by atoms with Gasteiger partial charge in [0.2, 0.25) is 11.5 Å². The van der Waals surface area contributed by atoms with Crippen LogP contribution in [0.25, 0.3) is 0 Å². The minimum atomic E-state index is -1.25. The highest BCUT2D eigenvalue weighted by molar-refractivity contribution is 5.90. The van der Waals surface area contributed by atoms with Crippen LogP contribution in [0.5, 0.6) is 0 Å². The standard InChI is InChI=1S/C6H7N3O4/c1-2-12-3-7-5-4(6(10)11)8-13-9-5/h3H,2H2,1H3,(H,10,11). The molecule has 0 atom stereocenters. The van der Waals surface area contributed by atoms with E-state index in [4.69, 9.17) is 9.84 Å². The van der Waals surface area contributed by atoms with Crippen LogP contribution in [0.15, 0.2) is 9.62 Å². The Bertz CT molecular complexity index is 319. The lowest BCUT2D eigenvalue weighted by Crippen LogP contribution is -1.96. The molecule has 0 aromatic carbocycles. The molecule has 1 aromatic rings. The number of aliphatic imine (C=N–C) groups is 1. The lowest BCUT2D eigenvalue weighted by molar-refractivity contribution is 0.0685. The molecule has 7 heteroatoms. The van der Waals surface area contributed by atoms with Crippen LogP contribution in [0.2, 0.25) is 0 Å². The predicted molar refractivity (Wildman–Crippen MR) is 41.0 cm³/mol. The summed E-state index contributed by atoms with van der Waals surface area (Å²) in [5, 5.41) is 14.9. The van der Waals surface area contributed by atoms with Gasteiger partial charge in [-0.05, 0) is 17.2 Å². The van der Waals surface area contributed by atoms with E-state index in [1.165, 1.54) is 0 Å². The summed E-state index contributed by atoms with van der Waals surface area (Å²) in [5.74, 6) is -1.36. The smallest absolute Gasteiger partial charge is 0.362 e. The summed E-state index contributed by atoms with van der Waals surface area (Å²) in [6.45, 7) is 2.21. The Morgan fingerprint density at radius 3 is 3.15 bits per heavy atom. The summed E-state index contributed by atoms with van der Waals surface area (Å²) < 4.78 is 8.93. The van der Waals surface area contributed by atoms with Gasteiger partial charge in [0.05, 0.1) is 6.61 Å². The Morgan fingerprint density at radius 2 is 2.54 bits per heavy atom. The van der Waals surface area contributed by atoms with Gasteiger partial charge in [-0.3, -0.25) is 0 Å². The van der Waals surface area contributed by atoms with Gasteiger partial charge in [0.1, 0.15) is 0 Å². The quantitative estimate of drug-likeness (QED) is 0.540. The van der Waals surface area contributed by atoms with Gasteiger partial charge in [-0.25, -0.2) is 9.42 Å². The number of hydrogen-bond acceptors (Lipinski definition) is 6. The number of hydrogen-bond donors (Lipinski definition) is 1. The molecular formula is C6H7N3O4. The molecule has 0 saturated carbocycles. The maximum absolute atomic E-state index is 10.4. The van der Waals surface area contributed by atoms with Gasteiger partial charge in [0.15, 0.2) is 6.40 Å². The first-order valence-electron chi connectivity index (χ1n) is 3.45. The van der Waals surface area contributed by atoms with Crippen LogP contribution in [0.1, 0.15) is 17.4 Å². The summed E-state index contributed by atoms with van der Waals surface area (Å²) in [6.07, 6.45) is 1.09. The van der Waals surface area contributed by atoms with Gasteiger partial charge >= 0.3 is 5.97 Å². The van der Waals surface area contributed by atoms with Gasteiger partial charge in [-0.15, -0.1) is 0 Å². The van der Waals surface area contributed by atoms with Gasteiger partial charge in [-0.2, -0.15) is 4.99 Å². The monoisotopic (exact) mass is 185 g/mol. The highest BCUT2D eigenvalue weighted by Gasteiger charge is 2.15. The van der Waals surface area contributed by atoms with Crippen LogP contribution in [-0.4, -0.2) is 34.4 Å². The van der Waals surface area contributed by atoms with Gasteiger partial charge in [0.25, 0.3) is 0 Å². The lowest BCUT2D eigenvalue weighted by atomic mass is 10.4. The van der Waals surface area contributed by atoms with Crippen molar-refractivity contribution in [2.75, 3.05) is 6.61 Å². The fourth-order valence-corrected chi connectivity index (χ4v) is 0.565. The second-order valence-corrected chi connectivity index (χ2v) is 1.93. The first kappa shape index (κ1) is 9.17. The average molecular weight is 185 g/mol. The number of ether oxygens (including phenoxy) is 1. The van der Waals surface area contributed by atoms with Crippen LogP contribution in [0.4, 0.5) is 5.82 Å². The molecule has 0 unspecified atom stereocenters. The van der Waals surface area contributed by atoms with Crippen molar-refractivity contribution >= 4 is 18.2 Å². The number of carboxylic acids is 1. The van der Waals surface area contributed by atoms with Crippen molar-refractivity contribution in [1.29, 1.82) is 0 Å². The molecule has 0 radical (unpaired) electrons. The topological polar surface area (TPSA) is 97.8 Å². The zero-order valence-corrected chi connectivity index (χ0v) is 6.80. The molecule has 0 aliphatic heterocycles. The maximum Gasteiger partial charge on any atom is 0.362 e. The number of rotatable bonds is 4. The van der Waals surface area contributed by atoms with Crippen LogP contribution in [0, 0.1) is 0 Å². The van der Waals surface area contributed by atoms with Crippen molar-refractivity contribution in [3.05, 3.63) is 5.69 Å². The van der Waals surface area contributed by atoms with Crippen LogP contribution >= 0.6 is 0 Å². The van der Waals surface area contributed by atoms with Gasteiger partial charge in [0, 0.05) is 0 Å². The molecule has 1 heterocycles. The van der Waals surface area contributed by atoms with Gasteiger partial charge in [-0.1, -0.05) is 0 Å². The van der Waals surface area contributed by atoms with Crippen LogP contribution in [0.3, 0.4) is 0 Å². The van der Waals surface area contributed by atoms with Crippen molar-refractivity contribution in [1.82, 2.24) is 10.3 Å². The van der Waals surface area contributed by atoms with Gasteiger partial charge < -0.3 is 9.84 Å². The average Bonchev–Trinajstić information content (AvgIpc) is 2.53. The van der Waals surface area contributed by atoms with E-state index in [9.17, 15) is 4.79 Å². The Kier molecular flexibility index (Phi) is 2.96. The molecule has 0 aliphatic carbocycles. The highest BCUT2D eigenvalue weighted by atomic mass is 16.6. The molecule has 1 rings (SSSR count). The third-order valence-electron chi connectivity index (χ3n) is 1.09. The summed E-state index contributed by atoms with van der Waals surface area (Å²) >= 11 is 0. The van der Waals surface area contributed by atoms with E-state index in [2.05, 4.69) is 19.9 Å². The molecule has 1 N–H and O–H groups in total. The third-order valence-corrected chi connectivity index (χ3v) is 1.09. The second-order valence-electron chi connectivity index (χ2n) is 1.93. The molecule has 0 bridgehead atoms. The molecule has 0 amide bonds. The van der Waals surface area contributed by atoms with E-state index in [1.807, 2.05) is 0 Å². The Labute approximate surface area is 73.0 Å². The zero-order chi connectivity index (χ0) is 9.68. The molecule has 13 heavy (non-hydrogen) atoms. The fraction of sp³-hybridized carbons (Fsp3) is 0.333. The van der Waals surface area contributed by atoms with E-state index in [0.29, 0.717) is 6.61 Å². The van der Waals surface area contributed by atoms with Crippen molar-refractivity contribution < 1.29 is 19.3 Å². The molecule has 0 saturated heterocycles. The van der Waals surface area contributed by atoms with Crippen LogP contribution < -0.4 is 0 Å². The number of carboxylic acid groups (broad SMARTS) is 1. The molecule has 0 spiro atoms. The molecule has 1 aromatic heterocycles. The summed E-state index contributed by atoms with van der Waals surface area (Å²) in [7, 11) is 0. The van der Waals surface area contributed by atoms with Crippen molar-refractivity contribution in [3.8, 4) is 0 Å². The largest absolute Gasteiger partial charge is 0.483 e. The minimum absolute atomic E-state index is 0.110. The Hall–Kier alpha value is -1.92. The number of nitrogens with zero attached hydrogens (tertiary/aromatic N) is 3. The number of carbonyl (C=O) groups is 1. The van der Waals surface area contributed by atoms with Crippen molar-refractivity contribution in [2.24, 2.45) is 4.99 Å². The Morgan fingerprint density at radius 1 is 1.77 bits per heavy atom. The predicted octanol–water partition coefficient (Wildman–Crippen LogP) is 0.464. The first-order chi connectivity index (χ1) is 6.25. The van der Waals surface area contributed by atoms with Crippen LogP contribution in [-0.2, 0) is 4.74 Å². The molecule has 0 fully saturated rings. The highest BCUT2D eigenvalue weighted by Crippen LogP contribution is 2.11. The third kappa shape index (κ3) is 2.26. The fourth-order valence-electron chi connectivity index (χ4n) is 0.565. The van der Waals surface area contributed by atoms with Crippen molar-refractivity contribution in [2.45, 2.75) is 6.92 Å². The normalized spacial score (nSPS) is 10.5. The Balaban J connectivity index is 2.76. The number of aromatic carboxylic acids is 1. The lowest BCUT2D eigenvalue weighted by Gasteiger charge is -1.89. The SMILES string of the molecule is CCOC=Nc1nonc1C(=O)O. The molecule has 0 aliphatic rings. The van der Waals surface area contributed by atoms with E-state index >= 15 is 0 Å².